The molecule has 1 N–H and O–H groups in total. The van der Waals surface area contributed by atoms with Gasteiger partial charge in [0.25, 0.3) is 0 Å². The summed E-state index contributed by atoms with van der Waals surface area (Å²) in [5.74, 6) is -0.403. The van der Waals surface area contributed by atoms with Gasteiger partial charge in [0.05, 0.1) is 29.6 Å². The Balaban J connectivity index is 1.79. The largest absolute Gasteiger partial charge is 0.462 e. The van der Waals surface area contributed by atoms with Crippen molar-refractivity contribution < 1.29 is 9.53 Å². The van der Waals surface area contributed by atoms with Crippen LogP contribution in [-0.2, 0) is 11.3 Å². The number of pyridine rings is 1. The fraction of sp³-hybridized carbons (Fsp3) is 0.136. The van der Waals surface area contributed by atoms with Crippen LogP contribution in [0.1, 0.15) is 22.8 Å². The third kappa shape index (κ3) is 3.44. The molecule has 0 aliphatic carbocycles. The van der Waals surface area contributed by atoms with E-state index in [4.69, 9.17) is 4.74 Å². The minimum absolute atomic E-state index is 0.304. The summed E-state index contributed by atoms with van der Waals surface area (Å²) >= 11 is 0. The van der Waals surface area contributed by atoms with Crippen LogP contribution in [0.15, 0.2) is 73.1 Å². The van der Waals surface area contributed by atoms with Crippen LogP contribution >= 0.6 is 0 Å². The van der Waals surface area contributed by atoms with Crippen molar-refractivity contribution in [3.05, 3.63) is 84.2 Å². The van der Waals surface area contributed by atoms with Gasteiger partial charge in [-0.3, -0.25) is 0 Å². The molecule has 4 rings (SSSR count). The number of anilines is 1. The van der Waals surface area contributed by atoms with E-state index in [1.165, 1.54) is 0 Å². The highest BCUT2D eigenvalue weighted by atomic mass is 16.5. The topological polar surface area (TPSA) is 69.0 Å². The van der Waals surface area contributed by atoms with E-state index in [0.29, 0.717) is 30.0 Å². The minimum atomic E-state index is -0.403. The van der Waals surface area contributed by atoms with Gasteiger partial charge in [0.2, 0.25) is 0 Å². The van der Waals surface area contributed by atoms with E-state index in [-0.39, 0.29) is 0 Å². The maximum absolute atomic E-state index is 12.5. The Kier molecular flexibility index (Phi) is 5.01. The van der Waals surface area contributed by atoms with Crippen molar-refractivity contribution in [2.75, 3.05) is 11.9 Å². The third-order valence-electron chi connectivity index (χ3n) is 4.41. The van der Waals surface area contributed by atoms with Crippen LogP contribution in [0.25, 0.3) is 16.7 Å². The molecule has 6 heteroatoms. The van der Waals surface area contributed by atoms with Crippen LogP contribution in [0.5, 0.6) is 0 Å². The second kappa shape index (κ2) is 7.92. The van der Waals surface area contributed by atoms with E-state index < -0.39 is 5.97 Å². The van der Waals surface area contributed by atoms with Crippen molar-refractivity contribution in [1.29, 1.82) is 0 Å². The Morgan fingerprint density at radius 3 is 2.46 bits per heavy atom. The summed E-state index contributed by atoms with van der Waals surface area (Å²) in [6.07, 6.45) is 3.28. The van der Waals surface area contributed by atoms with Gasteiger partial charge in [-0.05, 0) is 24.6 Å². The number of nitrogens with zero attached hydrogens (tertiary/aromatic N) is 3. The van der Waals surface area contributed by atoms with Gasteiger partial charge in [-0.25, -0.2) is 14.5 Å². The average Bonchev–Trinajstić information content (AvgIpc) is 3.18. The first-order chi connectivity index (χ1) is 13.8. The predicted molar refractivity (Wildman–Crippen MR) is 109 cm³/mol. The molecule has 0 unspecified atom stereocenters. The number of hydrogen-bond acceptors (Lipinski definition) is 5. The molecule has 4 aromatic rings. The molecule has 0 spiro atoms. The Morgan fingerprint density at radius 2 is 1.75 bits per heavy atom. The number of carbonyl (C=O) groups excluding carboxylic acids is 1. The Morgan fingerprint density at radius 1 is 1.04 bits per heavy atom. The van der Waals surface area contributed by atoms with Crippen molar-refractivity contribution in [2.45, 2.75) is 13.5 Å². The second-order valence-corrected chi connectivity index (χ2v) is 6.24. The number of carbonyl (C=O) groups is 1. The lowest BCUT2D eigenvalue weighted by Crippen LogP contribution is -2.11. The molecule has 0 saturated carbocycles. The molecule has 0 fully saturated rings. The number of fused-ring (bicyclic) bond motifs is 1. The molecule has 0 saturated heterocycles. The van der Waals surface area contributed by atoms with Crippen LogP contribution in [-0.4, -0.2) is 27.3 Å². The molecule has 28 heavy (non-hydrogen) atoms. The highest BCUT2D eigenvalue weighted by Gasteiger charge is 2.19. The molecule has 6 nitrogen and oxygen atoms in total. The fourth-order valence-electron chi connectivity index (χ4n) is 3.08. The van der Waals surface area contributed by atoms with Gasteiger partial charge < -0.3 is 10.1 Å². The summed E-state index contributed by atoms with van der Waals surface area (Å²) in [5.41, 5.74) is 3.77. The Hall–Kier alpha value is -3.67. The van der Waals surface area contributed by atoms with E-state index in [9.17, 15) is 4.79 Å². The zero-order valence-electron chi connectivity index (χ0n) is 15.5. The number of ether oxygens (including phenoxy) is 1. The number of aromatic nitrogens is 3. The number of para-hydroxylation sites is 1. The highest BCUT2D eigenvalue weighted by Crippen LogP contribution is 2.28. The molecule has 0 bridgehead atoms. The van der Waals surface area contributed by atoms with Gasteiger partial charge in [0.1, 0.15) is 5.56 Å². The predicted octanol–water partition coefficient (Wildman–Crippen LogP) is 4.21. The molecule has 0 atom stereocenters. The first-order valence-corrected chi connectivity index (χ1v) is 9.15. The van der Waals surface area contributed by atoms with Crippen LogP contribution < -0.4 is 5.32 Å². The lowest BCUT2D eigenvalue weighted by Gasteiger charge is -2.13. The van der Waals surface area contributed by atoms with Crippen molar-refractivity contribution in [3.63, 3.8) is 0 Å². The molecule has 0 aliphatic heterocycles. The summed E-state index contributed by atoms with van der Waals surface area (Å²) in [6, 6.07) is 19.8. The molecule has 0 aliphatic rings. The standard InChI is InChI=1S/C22H20N4O2/c1-2-28-22(27)19-14-24-21-18(15-25-26(21)17-11-7-4-8-12-17)20(19)23-13-16-9-5-3-6-10-16/h3-12,14-15H,2,13H2,1H3,(H,23,24). The normalized spacial score (nSPS) is 10.8. The van der Waals surface area contributed by atoms with Crippen LogP contribution in [0.3, 0.4) is 0 Å². The highest BCUT2D eigenvalue weighted by molar-refractivity contribution is 6.04. The summed E-state index contributed by atoms with van der Waals surface area (Å²) in [6.45, 7) is 2.66. The first-order valence-electron chi connectivity index (χ1n) is 9.15. The number of hydrogen-bond donors (Lipinski definition) is 1. The van der Waals surface area contributed by atoms with Gasteiger partial charge in [-0.1, -0.05) is 48.5 Å². The number of esters is 1. The zero-order chi connectivity index (χ0) is 19.3. The Bertz CT molecular complexity index is 1090. The first kappa shape index (κ1) is 17.7. The van der Waals surface area contributed by atoms with E-state index in [1.54, 1.807) is 24.0 Å². The molecular weight excluding hydrogens is 352 g/mol. The number of nitrogens with one attached hydrogen (secondary N) is 1. The number of rotatable bonds is 6. The van der Waals surface area contributed by atoms with Gasteiger partial charge >= 0.3 is 5.97 Å². The quantitative estimate of drug-likeness (QED) is 0.514. The van der Waals surface area contributed by atoms with E-state index >= 15 is 0 Å². The molecular formula is C22H20N4O2. The molecule has 0 amide bonds. The van der Waals surface area contributed by atoms with Crippen molar-refractivity contribution in [2.24, 2.45) is 0 Å². The molecule has 0 radical (unpaired) electrons. The summed E-state index contributed by atoms with van der Waals surface area (Å²) in [4.78, 5) is 17.0. The van der Waals surface area contributed by atoms with Crippen molar-refractivity contribution in [3.8, 4) is 5.69 Å². The maximum atomic E-state index is 12.5. The molecule has 2 aromatic carbocycles. The van der Waals surface area contributed by atoms with Crippen LogP contribution in [0.2, 0.25) is 0 Å². The van der Waals surface area contributed by atoms with Crippen LogP contribution in [0, 0.1) is 0 Å². The summed E-state index contributed by atoms with van der Waals surface area (Å²) < 4.78 is 6.98. The summed E-state index contributed by atoms with van der Waals surface area (Å²) in [5, 5.41) is 8.64. The van der Waals surface area contributed by atoms with E-state index in [2.05, 4.69) is 15.4 Å². The lowest BCUT2D eigenvalue weighted by atomic mass is 10.1. The Labute approximate surface area is 162 Å². The van der Waals surface area contributed by atoms with Crippen LogP contribution in [0.4, 0.5) is 5.69 Å². The smallest absolute Gasteiger partial charge is 0.341 e. The minimum Gasteiger partial charge on any atom is -0.462 e. The van der Waals surface area contributed by atoms with E-state index in [0.717, 1.165) is 16.6 Å². The summed E-state index contributed by atoms with van der Waals surface area (Å²) in [7, 11) is 0. The van der Waals surface area contributed by atoms with Crippen molar-refractivity contribution in [1.82, 2.24) is 14.8 Å². The van der Waals surface area contributed by atoms with Gasteiger partial charge in [-0.15, -0.1) is 0 Å². The van der Waals surface area contributed by atoms with Gasteiger partial charge in [-0.2, -0.15) is 5.10 Å². The monoisotopic (exact) mass is 372 g/mol. The SMILES string of the molecule is CCOC(=O)c1cnc2c(cnn2-c2ccccc2)c1NCc1ccccc1. The second-order valence-electron chi connectivity index (χ2n) is 6.24. The molecule has 140 valence electrons. The lowest BCUT2D eigenvalue weighted by molar-refractivity contribution is 0.0527. The average molecular weight is 372 g/mol. The zero-order valence-corrected chi connectivity index (χ0v) is 15.5. The number of benzene rings is 2. The third-order valence-corrected chi connectivity index (χ3v) is 4.41. The van der Waals surface area contributed by atoms with E-state index in [1.807, 2.05) is 60.7 Å². The molecule has 2 aromatic heterocycles. The fourth-order valence-corrected chi connectivity index (χ4v) is 3.08. The maximum Gasteiger partial charge on any atom is 0.341 e. The van der Waals surface area contributed by atoms with Gasteiger partial charge in [0, 0.05) is 12.7 Å². The molecule has 2 heterocycles. The van der Waals surface area contributed by atoms with Crippen molar-refractivity contribution >= 4 is 22.7 Å². The van der Waals surface area contributed by atoms with Gasteiger partial charge in [0.15, 0.2) is 5.65 Å².